The van der Waals surface area contributed by atoms with Crippen molar-refractivity contribution in [3.63, 3.8) is 0 Å². The molecule has 1 aromatic heterocycles. The van der Waals surface area contributed by atoms with Crippen molar-refractivity contribution < 1.29 is 4.79 Å². The van der Waals surface area contributed by atoms with Gasteiger partial charge in [0.25, 0.3) is 5.91 Å². The molecule has 0 aromatic carbocycles. The van der Waals surface area contributed by atoms with Crippen LogP contribution in [0.5, 0.6) is 0 Å². The largest absolute Gasteiger partial charge is 0.384 e. The maximum atomic E-state index is 12.3. The van der Waals surface area contributed by atoms with Crippen LogP contribution in [-0.4, -0.2) is 35.4 Å². The van der Waals surface area contributed by atoms with Gasteiger partial charge >= 0.3 is 0 Å². The molecule has 0 unspecified atom stereocenters. The molecule has 0 fully saturated rings. The van der Waals surface area contributed by atoms with Gasteiger partial charge in [-0.3, -0.25) is 4.79 Å². The van der Waals surface area contributed by atoms with Gasteiger partial charge in [0.15, 0.2) is 0 Å². The SMILES string of the molecule is CCCN(CCC)C(=O)c1ccc(NCC(C)C)cn1. The number of hydrogen-bond acceptors (Lipinski definition) is 3. The van der Waals surface area contributed by atoms with E-state index in [1.807, 2.05) is 17.0 Å². The number of pyridine rings is 1. The Morgan fingerprint density at radius 1 is 1.25 bits per heavy atom. The van der Waals surface area contributed by atoms with E-state index in [1.54, 1.807) is 6.20 Å². The van der Waals surface area contributed by atoms with E-state index in [2.05, 4.69) is 38.0 Å². The molecule has 0 saturated heterocycles. The minimum Gasteiger partial charge on any atom is -0.384 e. The van der Waals surface area contributed by atoms with E-state index in [0.29, 0.717) is 11.6 Å². The smallest absolute Gasteiger partial charge is 0.272 e. The second-order valence-electron chi connectivity index (χ2n) is 5.50. The van der Waals surface area contributed by atoms with Gasteiger partial charge in [-0.05, 0) is 30.9 Å². The van der Waals surface area contributed by atoms with Gasteiger partial charge in [-0.25, -0.2) is 4.98 Å². The number of carbonyl (C=O) groups is 1. The summed E-state index contributed by atoms with van der Waals surface area (Å²) in [4.78, 5) is 18.5. The molecule has 0 aliphatic heterocycles. The molecule has 4 heteroatoms. The van der Waals surface area contributed by atoms with Crippen LogP contribution in [0, 0.1) is 5.92 Å². The van der Waals surface area contributed by atoms with Crippen LogP contribution >= 0.6 is 0 Å². The highest BCUT2D eigenvalue weighted by molar-refractivity contribution is 5.92. The fourth-order valence-electron chi connectivity index (χ4n) is 1.96. The molecule has 1 aromatic rings. The van der Waals surface area contributed by atoms with Crippen LogP contribution in [0.25, 0.3) is 0 Å². The summed E-state index contributed by atoms with van der Waals surface area (Å²) in [6, 6.07) is 3.74. The third kappa shape index (κ3) is 5.19. The van der Waals surface area contributed by atoms with Gasteiger partial charge in [-0.2, -0.15) is 0 Å². The van der Waals surface area contributed by atoms with E-state index in [9.17, 15) is 4.79 Å². The molecule has 0 aliphatic carbocycles. The molecule has 1 N–H and O–H groups in total. The molecule has 0 aliphatic rings. The van der Waals surface area contributed by atoms with Crippen molar-refractivity contribution in [2.75, 3.05) is 25.0 Å². The molecule has 0 bridgehead atoms. The number of carbonyl (C=O) groups excluding carboxylic acids is 1. The maximum absolute atomic E-state index is 12.3. The standard InChI is InChI=1S/C16H27N3O/c1-5-9-19(10-6-2)16(20)15-8-7-14(12-18-15)17-11-13(3)4/h7-8,12-13,17H,5-6,9-11H2,1-4H3. The first kappa shape index (κ1) is 16.5. The fraction of sp³-hybridized carbons (Fsp3) is 0.625. The van der Waals surface area contributed by atoms with E-state index < -0.39 is 0 Å². The zero-order valence-corrected chi connectivity index (χ0v) is 13.1. The Labute approximate surface area is 122 Å². The fourth-order valence-corrected chi connectivity index (χ4v) is 1.96. The zero-order valence-electron chi connectivity index (χ0n) is 13.1. The summed E-state index contributed by atoms with van der Waals surface area (Å²) in [5.41, 5.74) is 1.50. The van der Waals surface area contributed by atoms with Crippen molar-refractivity contribution in [2.24, 2.45) is 5.92 Å². The lowest BCUT2D eigenvalue weighted by molar-refractivity contribution is 0.0749. The average molecular weight is 277 g/mol. The van der Waals surface area contributed by atoms with Crippen LogP contribution in [0.15, 0.2) is 18.3 Å². The highest BCUT2D eigenvalue weighted by Crippen LogP contribution is 2.10. The predicted octanol–water partition coefficient (Wildman–Crippen LogP) is 3.41. The van der Waals surface area contributed by atoms with Crippen LogP contribution in [-0.2, 0) is 0 Å². The van der Waals surface area contributed by atoms with Gasteiger partial charge in [-0.1, -0.05) is 27.7 Å². The molecule has 1 heterocycles. The van der Waals surface area contributed by atoms with Crippen molar-refractivity contribution in [2.45, 2.75) is 40.5 Å². The summed E-state index contributed by atoms with van der Waals surface area (Å²) in [6.45, 7) is 11.0. The van der Waals surface area contributed by atoms with Crippen molar-refractivity contribution in [3.8, 4) is 0 Å². The van der Waals surface area contributed by atoms with E-state index in [0.717, 1.165) is 38.2 Å². The monoisotopic (exact) mass is 277 g/mol. The van der Waals surface area contributed by atoms with Crippen LogP contribution in [0.3, 0.4) is 0 Å². The first-order valence-corrected chi connectivity index (χ1v) is 7.57. The number of nitrogens with zero attached hydrogens (tertiary/aromatic N) is 2. The molecule has 112 valence electrons. The number of hydrogen-bond donors (Lipinski definition) is 1. The topological polar surface area (TPSA) is 45.2 Å². The van der Waals surface area contributed by atoms with Crippen molar-refractivity contribution >= 4 is 11.6 Å². The van der Waals surface area contributed by atoms with Crippen LogP contribution in [0.1, 0.15) is 51.0 Å². The molecule has 1 rings (SSSR count). The predicted molar refractivity (Wildman–Crippen MR) is 84.1 cm³/mol. The molecule has 20 heavy (non-hydrogen) atoms. The second-order valence-corrected chi connectivity index (χ2v) is 5.50. The lowest BCUT2D eigenvalue weighted by atomic mass is 10.2. The van der Waals surface area contributed by atoms with Gasteiger partial charge in [0.05, 0.1) is 11.9 Å². The summed E-state index contributed by atoms with van der Waals surface area (Å²) >= 11 is 0. The molecule has 0 spiro atoms. The van der Waals surface area contributed by atoms with Crippen molar-refractivity contribution in [1.82, 2.24) is 9.88 Å². The molecule has 1 amide bonds. The van der Waals surface area contributed by atoms with E-state index >= 15 is 0 Å². The lowest BCUT2D eigenvalue weighted by Crippen LogP contribution is -2.33. The Bertz CT molecular complexity index is 395. The third-order valence-corrected chi connectivity index (χ3v) is 2.97. The Balaban J connectivity index is 2.68. The number of aromatic nitrogens is 1. The zero-order chi connectivity index (χ0) is 15.0. The highest BCUT2D eigenvalue weighted by Gasteiger charge is 2.15. The van der Waals surface area contributed by atoms with E-state index in [4.69, 9.17) is 0 Å². The molecular weight excluding hydrogens is 250 g/mol. The Hall–Kier alpha value is -1.58. The van der Waals surface area contributed by atoms with Gasteiger partial charge in [-0.15, -0.1) is 0 Å². The van der Waals surface area contributed by atoms with E-state index in [1.165, 1.54) is 0 Å². The molecule has 0 radical (unpaired) electrons. The van der Waals surface area contributed by atoms with Crippen molar-refractivity contribution in [1.29, 1.82) is 0 Å². The summed E-state index contributed by atoms with van der Waals surface area (Å²) in [5.74, 6) is 0.616. The van der Waals surface area contributed by atoms with E-state index in [-0.39, 0.29) is 5.91 Å². The Morgan fingerprint density at radius 2 is 1.90 bits per heavy atom. The van der Waals surface area contributed by atoms with Crippen LogP contribution in [0.4, 0.5) is 5.69 Å². The second kappa shape index (κ2) is 8.56. The van der Waals surface area contributed by atoms with Gasteiger partial charge in [0.1, 0.15) is 5.69 Å². The van der Waals surface area contributed by atoms with Crippen LogP contribution in [0.2, 0.25) is 0 Å². The Kier molecular flexibility index (Phi) is 7.05. The average Bonchev–Trinajstić information content (AvgIpc) is 2.44. The van der Waals surface area contributed by atoms with Crippen molar-refractivity contribution in [3.05, 3.63) is 24.0 Å². The molecular formula is C16H27N3O. The highest BCUT2D eigenvalue weighted by atomic mass is 16.2. The van der Waals surface area contributed by atoms with Gasteiger partial charge in [0.2, 0.25) is 0 Å². The number of amides is 1. The Morgan fingerprint density at radius 3 is 2.35 bits per heavy atom. The molecule has 0 saturated carbocycles. The number of nitrogens with one attached hydrogen (secondary N) is 1. The lowest BCUT2D eigenvalue weighted by Gasteiger charge is -2.21. The first-order chi connectivity index (χ1) is 9.58. The first-order valence-electron chi connectivity index (χ1n) is 7.57. The summed E-state index contributed by atoms with van der Waals surface area (Å²) in [6.07, 6.45) is 3.69. The maximum Gasteiger partial charge on any atom is 0.272 e. The number of rotatable bonds is 8. The third-order valence-electron chi connectivity index (χ3n) is 2.97. The summed E-state index contributed by atoms with van der Waals surface area (Å²) < 4.78 is 0. The summed E-state index contributed by atoms with van der Waals surface area (Å²) in [5, 5.41) is 3.30. The van der Waals surface area contributed by atoms with Crippen LogP contribution < -0.4 is 5.32 Å². The minimum absolute atomic E-state index is 0.0316. The van der Waals surface area contributed by atoms with Gasteiger partial charge in [0, 0.05) is 19.6 Å². The van der Waals surface area contributed by atoms with Gasteiger partial charge < -0.3 is 10.2 Å². The summed E-state index contributed by atoms with van der Waals surface area (Å²) in [7, 11) is 0. The molecule has 0 atom stereocenters. The quantitative estimate of drug-likeness (QED) is 0.792. The minimum atomic E-state index is 0.0316. The molecule has 4 nitrogen and oxygen atoms in total. The number of anilines is 1. The normalized spacial score (nSPS) is 10.7.